The van der Waals surface area contributed by atoms with Crippen molar-refractivity contribution in [3.8, 4) is 0 Å². The number of amides is 1. The molecule has 0 bridgehead atoms. The molecule has 1 atom stereocenters. The number of hydrogen-bond donors (Lipinski definition) is 2. The number of H-pyrrole nitrogens is 1. The molecule has 3 heteroatoms. The third-order valence-corrected chi connectivity index (χ3v) is 3.89. The molecule has 0 aliphatic carbocycles. The summed E-state index contributed by atoms with van der Waals surface area (Å²) < 4.78 is 0. The highest BCUT2D eigenvalue weighted by molar-refractivity contribution is 5.84. The quantitative estimate of drug-likeness (QED) is 0.828. The summed E-state index contributed by atoms with van der Waals surface area (Å²) in [4.78, 5) is 15.3. The summed E-state index contributed by atoms with van der Waals surface area (Å²) in [6.07, 6.45) is 4.32. The van der Waals surface area contributed by atoms with Crippen LogP contribution in [0.15, 0.2) is 30.5 Å². The smallest absolute Gasteiger partial charge is 0.220 e. The van der Waals surface area contributed by atoms with Crippen LogP contribution >= 0.6 is 0 Å². The number of aromatic amines is 1. The second kappa shape index (κ2) is 6.60. The van der Waals surface area contributed by atoms with Gasteiger partial charge >= 0.3 is 0 Å². The zero-order valence-corrected chi connectivity index (χ0v) is 12.6. The van der Waals surface area contributed by atoms with E-state index >= 15 is 0 Å². The van der Waals surface area contributed by atoms with Gasteiger partial charge in [-0.25, -0.2) is 0 Å². The molecule has 108 valence electrons. The molecule has 1 aromatic carbocycles. The minimum absolute atomic E-state index is 0.149. The SMILES string of the molecule is CCC(NC(=O)CCc1c[nH]c2ccccc12)C(C)C. The van der Waals surface area contributed by atoms with E-state index in [2.05, 4.69) is 43.2 Å². The predicted molar refractivity (Wildman–Crippen MR) is 83.7 cm³/mol. The molecule has 2 aromatic rings. The number of carbonyl (C=O) groups excluding carboxylic acids is 1. The van der Waals surface area contributed by atoms with Crippen molar-refractivity contribution >= 4 is 16.8 Å². The number of carbonyl (C=O) groups is 1. The van der Waals surface area contributed by atoms with Crippen LogP contribution in [0.5, 0.6) is 0 Å². The maximum Gasteiger partial charge on any atom is 0.220 e. The average Bonchev–Trinajstić information content (AvgIpc) is 2.85. The van der Waals surface area contributed by atoms with Crippen molar-refractivity contribution in [1.29, 1.82) is 0 Å². The fraction of sp³-hybridized carbons (Fsp3) is 0.471. The van der Waals surface area contributed by atoms with Gasteiger partial charge in [0.2, 0.25) is 5.91 Å². The van der Waals surface area contributed by atoms with Gasteiger partial charge in [0.05, 0.1) is 0 Å². The monoisotopic (exact) mass is 272 g/mol. The third kappa shape index (κ3) is 3.41. The molecule has 0 saturated heterocycles. The van der Waals surface area contributed by atoms with Crippen LogP contribution in [0.4, 0.5) is 0 Å². The summed E-state index contributed by atoms with van der Waals surface area (Å²) in [5.41, 5.74) is 2.35. The molecule has 0 radical (unpaired) electrons. The van der Waals surface area contributed by atoms with Crippen LogP contribution in [0.25, 0.3) is 10.9 Å². The predicted octanol–water partition coefficient (Wildman–Crippen LogP) is 3.65. The van der Waals surface area contributed by atoms with E-state index in [1.807, 2.05) is 18.3 Å². The van der Waals surface area contributed by atoms with Gasteiger partial charge in [-0.15, -0.1) is 0 Å². The van der Waals surface area contributed by atoms with E-state index in [0.717, 1.165) is 18.4 Å². The standard InChI is InChI=1S/C17H24N2O/c1-4-15(12(2)3)19-17(20)10-9-13-11-18-16-8-6-5-7-14(13)16/h5-8,11-12,15,18H,4,9-10H2,1-3H3,(H,19,20). The Morgan fingerprint density at radius 2 is 2.05 bits per heavy atom. The van der Waals surface area contributed by atoms with Crippen molar-refractivity contribution < 1.29 is 4.79 Å². The second-order valence-electron chi connectivity index (χ2n) is 5.69. The Labute approximate surface area is 120 Å². The Balaban J connectivity index is 1.93. The number of nitrogens with one attached hydrogen (secondary N) is 2. The zero-order chi connectivity index (χ0) is 14.5. The first-order chi connectivity index (χ1) is 9.61. The Bertz CT molecular complexity index is 571. The van der Waals surface area contributed by atoms with Crippen LogP contribution < -0.4 is 5.32 Å². The van der Waals surface area contributed by atoms with E-state index in [9.17, 15) is 4.79 Å². The minimum atomic E-state index is 0.149. The number of fused-ring (bicyclic) bond motifs is 1. The first-order valence-electron chi connectivity index (χ1n) is 7.46. The Kier molecular flexibility index (Phi) is 4.83. The van der Waals surface area contributed by atoms with Crippen LogP contribution in [0.2, 0.25) is 0 Å². The summed E-state index contributed by atoms with van der Waals surface area (Å²) in [6.45, 7) is 6.41. The largest absolute Gasteiger partial charge is 0.361 e. The summed E-state index contributed by atoms with van der Waals surface area (Å²) in [5.74, 6) is 0.632. The number of rotatable bonds is 6. The molecule has 1 aromatic heterocycles. The topological polar surface area (TPSA) is 44.9 Å². The number of hydrogen-bond acceptors (Lipinski definition) is 1. The van der Waals surface area contributed by atoms with E-state index in [1.54, 1.807) is 0 Å². The summed E-state index contributed by atoms with van der Waals surface area (Å²) >= 11 is 0. The highest BCUT2D eigenvalue weighted by atomic mass is 16.1. The molecule has 2 rings (SSSR count). The van der Waals surface area contributed by atoms with Crippen LogP contribution in [0.3, 0.4) is 0 Å². The highest BCUT2D eigenvalue weighted by Crippen LogP contribution is 2.19. The molecule has 0 fully saturated rings. The maximum absolute atomic E-state index is 12.0. The minimum Gasteiger partial charge on any atom is -0.361 e. The first kappa shape index (κ1) is 14.6. The third-order valence-electron chi connectivity index (χ3n) is 3.89. The van der Waals surface area contributed by atoms with Crippen molar-refractivity contribution in [2.24, 2.45) is 5.92 Å². The molecule has 2 N–H and O–H groups in total. The van der Waals surface area contributed by atoms with Gasteiger partial charge < -0.3 is 10.3 Å². The van der Waals surface area contributed by atoms with Gasteiger partial charge in [-0.2, -0.15) is 0 Å². The lowest BCUT2D eigenvalue weighted by Gasteiger charge is -2.20. The second-order valence-corrected chi connectivity index (χ2v) is 5.69. The maximum atomic E-state index is 12.0. The lowest BCUT2D eigenvalue weighted by molar-refractivity contribution is -0.122. The Morgan fingerprint density at radius 3 is 2.75 bits per heavy atom. The van der Waals surface area contributed by atoms with E-state index in [-0.39, 0.29) is 11.9 Å². The van der Waals surface area contributed by atoms with Crippen LogP contribution in [0, 0.1) is 5.92 Å². The molecule has 0 aliphatic rings. The van der Waals surface area contributed by atoms with E-state index in [0.29, 0.717) is 12.3 Å². The molecule has 0 spiro atoms. The van der Waals surface area contributed by atoms with Gasteiger partial charge in [0, 0.05) is 29.6 Å². The van der Waals surface area contributed by atoms with Crippen molar-refractivity contribution in [2.75, 3.05) is 0 Å². The lowest BCUT2D eigenvalue weighted by Crippen LogP contribution is -2.38. The van der Waals surface area contributed by atoms with Crippen LogP contribution in [-0.4, -0.2) is 16.9 Å². The molecule has 20 heavy (non-hydrogen) atoms. The fourth-order valence-corrected chi connectivity index (χ4v) is 2.61. The molecule has 3 nitrogen and oxygen atoms in total. The van der Waals surface area contributed by atoms with E-state index < -0.39 is 0 Å². The van der Waals surface area contributed by atoms with Gasteiger partial charge in [-0.05, 0) is 30.4 Å². The molecule has 1 unspecified atom stereocenters. The Morgan fingerprint density at radius 1 is 1.30 bits per heavy atom. The zero-order valence-electron chi connectivity index (χ0n) is 12.6. The van der Waals surface area contributed by atoms with Gasteiger partial charge in [-0.3, -0.25) is 4.79 Å². The van der Waals surface area contributed by atoms with Crippen molar-refractivity contribution in [3.63, 3.8) is 0 Å². The van der Waals surface area contributed by atoms with Crippen LogP contribution in [0.1, 0.15) is 39.2 Å². The van der Waals surface area contributed by atoms with Gasteiger partial charge in [0.25, 0.3) is 0 Å². The molecular weight excluding hydrogens is 248 g/mol. The molecular formula is C17H24N2O. The molecule has 1 heterocycles. The molecule has 0 aliphatic heterocycles. The lowest BCUT2D eigenvalue weighted by atomic mass is 10.0. The average molecular weight is 272 g/mol. The molecule has 1 amide bonds. The summed E-state index contributed by atoms with van der Waals surface area (Å²) in [6, 6.07) is 8.49. The number of aryl methyl sites for hydroxylation is 1. The van der Waals surface area contributed by atoms with Crippen LogP contribution in [-0.2, 0) is 11.2 Å². The number of aromatic nitrogens is 1. The van der Waals surface area contributed by atoms with E-state index in [1.165, 1.54) is 10.9 Å². The summed E-state index contributed by atoms with van der Waals surface area (Å²) in [5, 5.41) is 4.35. The normalized spacial score (nSPS) is 12.8. The van der Waals surface area contributed by atoms with Crippen molar-refractivity contribution in [2.45, 2.75) is 46.1 Å². The van der Waals surface area contributed by atoms with Gasteiger partial charge in [0.15, 0.2) is 0 Å². The Hall–Kier alpha value is -1.77. The number of benzene rings is 1. The highest BCUT2D eigenvalue weighted by Gasteiger charge is 2.14. The fourth-order valence-electron chi connectivity index (χ4n) is 2.61. The number of para-hydroxylation sites is 1. The van der Waals surface area contributed by atoms with Gasteiger partial charge in [0.1, 0.15) is 0 Å². The van der Waals surface area contributed by atoms with Gasteiger partial charge in [-0.1, -0.05) is 39.0 Å². The summed E-state index contributed by atoms with van der Waals surface area (Å²) in [7, 11) is 0. The van der Waals surface area contributed by atoms with E-state index in [4.69, 9.17) is 0 Å². The molecule has 0 saturated carbocycles. The van der Waals surface area contributed by atoms with Crippen molar-refractivity contribution in [1.82, 2.24) is 10.3 Å². The van der Waals surface area contributed by atoms with Crippen molar-refractivity contribution in [3.05, 3.63) is 36.0 Å². The first-order valence-corrected chi connectivity index (χ1v) is 7.46.